The van der Waals surface area contributed by atoms with E-state index in [-0.39, 0.29) is 0 Å². The quantitative estimate of drug-likeness (QED) is 0.696. The number of aromatic nitrogens is 2. The minimum atomic E-state index is 0.673. The number of benzene rings is 1. The molecule has 114 valence electrons. The van der Waals surface area contributed by atoms with Crippen LogP contribution in [0.15, 0.2) is 36.0 Å². The van der Waals surface area contributed by atoms with Gasteiger partial charge in [0.15, 0.2) is 0 Å². The molecular formula is C17H19N3OS. The van der Waals surface area contributed by atoms with E-state index in [1.165, 1.54) is 16.7 Å². The number of hydrogen-bond acceptors (Lipinski definition) is 5. The Hall–Kier alpha value is -1.98. The Kier molecular flexibility index (Phi) is 4.65. The molecule has 0 aliphatic carbocycles. The predicted octanol–water partition coefficient (Wildman–Crippen LogP) is 4.12. The number of aryl methyl sites for hydroxylation is 1. The summed E-state index contributed by atoms with van der Waals surface area (Å²) in [6, 6.07) is 8.55. The SMILES string of the molecule is CCOCCNc1ncnc2scc(-c3ccc(C)cc3)c12. The molecule has 4 nitrogen and oxygen atoms in total. The lowest BCUT2D eigenvalue weighted by molar-refractivity contribution is 0.158. The van der Waals surface area contributed by atoms with Crippen LogP contribution in [0.25, 0.3) is 21.3 Å². The maximum absolute atomic E-state index is 5.37. The molecule has 0 bridgehead atoms. The van der Waals surface area contributed by atoms with Crippen LogP contribution < -0.4 is 5.32 Å². The molecule has 3 aromatic rings. The average Bonchev–Trinajstić information content (AvgIpc) is 2.97. The van der Waals surface area contributed by atoms with E-state index in [1.54, 1.807) is 17.7 Å². The summed E-state index contributed by atoms with van der Waals surface area (Å²) in [6.07, 6.45) is 1.61. The number of hydrogen-bond donors (Lipinski definition) is 1. The van der Waals surface area contributed by atoms with E-state index in [0.29, 0.717) is 6.61 Å². The van der Waals surface area contributed by atoms with Crippen LogP contribution >= 0.6 is 11.3 Å². The smallest absolute Gasteiger partial charge is 0.138 e. The van der Waals surface area contributed by atoms with Crippen LogP contribution in [0.4, 0.5) is 5.82 Å². The highest BCUT2D eigenvalue weighted by atomic mass is 32.1. The van der Waals surface area contributed by atoms with Crippen molar-refractivity contribution in [1.82, 2.24) is 9.97 Å². The average molecular weight is 313 g/mol. The van der Waals surface area contributed by atoms with Crippen LogP contribution in [-0.4, -0.2) is 29.7 Å². The molecule has 2 aromatic heterocycles. The Morgan fingerprint density at radius 1 is 1.18 bits per heavy atom. The first-order valence-electron chi connectivity index (χ1n) is 7.40. The summed E-state index contributed by atoms with van der Waals surface area (Å²) in [4.78, 5) is 9.80. The largest absolute Gasteiger partial charge is 0.380 e. The Bertz CT molecular complexity index is 752. The molecule has 0 radical (unpaired) electrons. The van der Waals surface area contributed by atoms with Gasteiger partial charge in [0.2, 0.25) is 0 Å². The second kappa shape index (κ2) is 6.85. The topological polar surface area (TPSA) is 47.0 Å². The maximum atomic E-state index is 5.37. The molecule has 5 heteroatoms. The Labute approximate surface area is 134 Å². The molecule has 0 fully saturated rings. The number of thiophene rings is 1. The van der Waals surface area contributed by atoms with Crippen molar-refractivity contribution in [2.45, 2.75) is 13.8 Å². The Morgan fingerprint density at radius 3 is 2.77 bits per heavy atom. The fourth-order valence-electron chi connectivity index (χ4n) is 2.34. The third-order valence-corrected chi connectivity index (χ3v) is 4.36. The van der Waals surface area contributed by atoms with E-state index in [0.717, 1.165) is 29.2 Å². The summed E-state index contributed by atoms with van der Waals surface area (Å²) in [7, 11) is 0. The lowest BCUT2D eigenvalue weighted by Crippen LogP contribution is -2.10. The zero-order valence-corrected chi connectivity index (χ0v) is 13.6. The maximum Gasteiger partial charge on any atom is 0.138 e. The predicted molar refractivity (Wildman–Crippen MR) is 92.6 cm³/mol. The molecule has 0 aliphatic rings. The summed E-state index contributed by atoms with van der Waals surface area (Å²) >= 11 is 1.65. The molecule has 2 heterocycles. The van der Waals surface area contributed by atoms with Crippen molar-refractivity contribution in [2.24, 2.45) is 0 Å². The number of fused-ring (bicyclic) bond motifs is 1. The first kappa shape index (κ1) is 14.9. The van der Waals surface area contributed by atoms with Gasteiger partial charge in [-0.25, -0.2) is 9.97 Å². The van der Waals surface area contributed by atoms with Gasteiger partial charge >= 0.3 is 0 Å². The Morgan fingerprint density at radius 2 is 2.00 bits per heavy atom. The molecule has 1 aromatic carbocycles. The van der Waals surface area contributed by atoms with Gasteiger partial charge in [-0.05, 0) is 19.4 Å². The van der Waals surface area contributed by atoms with Crippen LogP contribution in [0.3, 0.4) is 0 Å². The van der Waals surface area contributed by atoms with Gasteiger partial charge in [-0.15, -0.1) is 11.3 Å². The van der Waals surface area contributed by atoms with Gasteiger partial charge in [-0.3, -0.25) is 0 Å². The fraction of sp³-hybridized carbons (Fsp3) is 0.294. The van der Waals surface area contributed by atoms with Crippen LogP contribution in [0.1, 0.15) is 12.5 Å². The van der Waals surface area contributed by atoms with Gasteiger partial charge in [0.1, 0.15) is 17.0 Å². The second-order valence-corrected chi connectivity index (χ2v) is 5.90. The first-order valence-corrected chi connectivity index (χ1v) is 8.28. The number of ether oxygens (including phenoxy) is 1. The van der Waals surface area contributed by atoms with Gasteiger partial charge in [-0.2, -0.15) is 0 Å². The van der Waals surface area contributed by atoms with E-state index in [4.69, 9.17) is 4.74 Å². The second-order valence-electron chi connectivity index (χ2n) is 5.04. The third-order valence-electron chi connectivity index (χ3n) is 3.48. The van der Waals surface area contributed by atoms with Crippen LogP contribution in [0.5, 0.6) is 0 Å². The molecule has 0 atom stereocenters. The zero-order valence-electron chi connectivity index (χ0n) is 12.8. The van der Waals surface area contributed by atoms with Crippen molar-refractivity contribution in [1.29, 1.82) is 0 Å². The monoisotopic (exact) mass is 313 g/mol. The zero-order chi connectivity index (χ0) is 15.4. The fourth-order valence-corrected chi connectivity index (χ4v) is 3.26. The van der Waals surface area contributed by atoms with Crippen molar-refractivity contribution < 1.29 is 4.74 Å². The van der Waals surface area contributed by atoms with Gasteiger partial charge < -0.3 is 10.1 Å². The molecule has 0 aliphatic heterocycles. The molecule has 0 saturated heterocycles. The number of rotatable bonds is 6. The highest BCUT2D eigenvalue weighted by Crippen LogP contribution is 2.36. The standard InChI is InChI=1S/C17H19N3OS/c1-3-21-9-8-18-16-15-14(10-22-17(15)20-11-19-16)13-6-4-12(2)5-7-13/h4-7,10-11H,3,8-9H2,1-2H3,(H,18,19,20). The van der Waals surface area contributed by atoms with Crippen LogP contribution in [0, 0.1) is 6.92 Å². The number of nitrogens with zero attached hydrogens (tertiary/aromatic N) is 2. The van der Waals surface area contributed by atoms with Crippen LogP contribution in [-0.2, 0) is 4.74 Å². The highest BCUT2D eigenvalue weighted by Gasteiger charge is 2.12. The van der Waals surface area contributed by atoms with E-state index in [1.807, 2.05) is 6.92 Å². The number of nitrogens with one attached hydrogen (secondary N) is 1. The number of anilines is 1. The van der Waals surface area contributed by atoms with Gasteiger partial charge in [-0.1, -0.05) is 29.8 Å². The Balaban J connectivity index is 1.95. The van der Waals surface area contributed by atoms with Crippen molar-refractivity contribution >= 4 is 27.4 Å². The highest BCUT2D eigenvalue weighted by molar-refractivity contribution is 7.17. The summed E-state index contributed by atoms with van der Waals surface area (Å²) in [5.41, 5.74) is 3.63. The van der Waals surface area contributed by atoms with E-state index < -0.39 is 0 Å². The molecule has 0 amide bonds. The summed E-state index contributed by atoms with van der Waals surface area (Å²) < 4.78 is 5.37. The lowest BCUT2D eigenvalue weighted by atomic mass is 10.0. The van der Waals surface area contributed by atoms with Crippen molar-refractivity contribution in [3.05, 3.63) is 41.5 Å². The van der Waals surface area contributed by atoms with Gasteiger partial charge in [0.05, 0.1) is 12.0 Å². The van der Waals surface area contributed by atoms with Gasteiger partial charge in [0.25, 0.3) is 0 Å². The molecule has 3 rings (SSSR count). The van der Waals surface area contributed by atoms with Gasteiger partial charge in [0, 0.05) is 24.1 Å². The van der Waals surface area contributed by atoms with Crippen LogP contribution in [0.2, 0.25) is 0 Å². The van der Waals surface area contributed by atoms with Crippen molar-refractivity contribution in [2.75, 3.05) is 25.1 Å². The summed E-state index contributed by atoms with van der Waals surface area (Å²) in [6.45, 7) is 6.24. The third kappa shape index (κ3) is 3.10. The molecule has 0 unspecified atom stereocenters. The van der Waals surface area contributed by atoms with E-state index in [2.05, 4.69) is 51.9 Å². The molecular weight excluding hydrogens is 294 g/mol. The van der Waals surface area contributed by atoms with Crippen molar-refractivity contribution in [3.8, 4) is 11.1 Å². The minimum Gasteiger partial charge on any atom is -0.380 e. The van der Waals surface area contributed by atoms with E-state index >= 15 is 0 Å². The lowest BCUT2D eigenvalue weighted by Gasteiger charge is -2.08. The minimum absolute atomic E-state index is 0.673. The van der Waals surface area contributed by atoms with E-state index in [9.17, 15) is 0 Å². The first-order chi connectivity index (χ1) is 10.8. The molecule has 22 heavy (non-hydrogen) atoms. The van der Waals surface area contributed by atoms with Crippen molar-refractivity contribution in [3.63, 3.8) is 0 Å². The normalized spacial score (nSPS) is 11.0. The molecule has 1 N–H and O–H groups in total. The molecule has 0 spiro atoms. The summed E-state index contributed by atoms with van der Waals surface area (Å²) in [5, 5.41) is 6.60. The summed E-state index contributed by atoms with van der Waals surface area (Å²) in [5.74, 6) is 0.876. The molecule has 0 saturated carbocycles.